The van der Waals surface area contributed by atoms with Gasteiger partial charge in [-0.2, -0.15) is 34.8 Å². The molecule has 14 heteroatoms. The molecule has 242 valence electrons. The van der Waals surface area contributed by atoms with Crippen LogP contribution >= 0.6 is 21.9 Å². The Balaban J connectivity index is 2.21. The minimum Gasteiger partial charge on any atom is -0.464 e. The fraction of sp³-hybridized carbons (Fsp3) is 0.367. The van der Waals surface area contributed by atoms with Gasteiger partial charge in [-0.1, -0.05) is 67.9 Å². The first-order valence-corrected chi connectivity index (χ1v) is 17.0. The molecule has 0 aliphatic rings. The summed E-state index contributed by atoms with van der Waals surface area (Å²) >= 11 is 5.81. The van der Waals surface area contributed by atoms with Crippen LogP contribution in [0.5, 0.6) is 0 Å². The number of carbonyl (C=O) groups excluding carboxylic acids is 1. The van der Waals surface area contributed by atoms with Crippen LogP contribution in [0, 0.1) is 5.92 Å². The quantitative estimate of drug-likeness (QED) is 0.0734. The average Bonchev–Trinajstić information content (AvgIpc) is 2.97. The molecule has 3 rings (SSSR count). The summed E-state index contributed by atoms with van der Waals surface area (Å²) in [6.45, 7) is 0.982. The molecule has 0 N–H and O–H groups in total. The molecule has 1 atom stereocenters. The van der Waals surface area contributed by atoms with Crippen LogP contribution in [0.25, 0.3) is 0 Å². The molecule has 0 spiro atoms. The maximum atomic E-state index is 14.7. The standard InChI is InChI=1S/C30H31ClF6O5S2/c1-2-23(22-31)14-12-13-21-41-27(38)28(29(32,33)34,30(35,36)37)44(39,40)42-43(24-15-6-3-7-16-24,25-17-8-4-9-18-25)26-19-10-5-11-20-26/h3-11,15-20,23H,2,12-14,21-22H2,1H3. The third-order valence-corrected chi connectivity index (χ3v) is 13.1. The van der Waals surface area contributed by atoms with Crippen molar-refractivity contribution in [2.24, 2.45) is 5.92 Å². The molecule has 0 aliphatic heterocycles. The number of alkyl halides is 7. The van der Waals surface area contributed by atoms with Crippen molar-refractivity contribution in [3.05, 3.63) is 91.0 Å². The van der Waals surface area contributed by atoms with Crippen molar-refractivity contribution in [1.82, 2.24) is 0 Å². The van der Waals surface area contributed by atoms with Gasteiger partial charge in [0.15, 0.2) is 0 Å². The number of hydrogen-bond acceptors (Lipinski definition) is 5. The number of benzene rings is 3. The molecule has 44 heavy (non-hydrogen) atoms. The van der Waals surface area contributed by atoms with Crippen molar-refractivity contribution in [1.29, 1.82) is 0 Å². The number of unbranched alkanes of at least 4 members (excludes halogenated alkanes) is 1. The second kappa shape index (κ2) is 14.6. The highest BCUT2D eigenvalue weighted by atomic mass is 35.5. The lowest BCUT2D eigenvalue weighted by Crippen LogP contribution is -2.68. The van der Waals surface area contributed by atoms with Crippen LogP contribution < -0.4 is 0 Å². The van der Waals surface area contributed by atoms with Crippen molar-refractivity contribution in [2.45, 2.75) is 64.4 Å². The number of hydrogen-bond donors (Lipinski definition) is 0. The number of rotatable bonds is 14. The normalized spacial score (nSPS) is 14.2. The van der Waals surface area contributed by atoms with Gasteiger partial charge in [-0.05, 0) is 71.9 Å². The van der Waals surface area contributed by atoms with Gasteiger partial charge >= 0.3 is 33.2 Å². The molecule has 0 bridgehead atoms. The minimum absolute atomic E-state index is 0.0302. The molecule has 0 aromatic heterocycles. The van der Waals surface area contributed by atoms with Crippen molar-refractivity contribution >= 4 is 38.0 Å². The summed E-state index contributed by atoms with van der Waals surface area (Å²) in [6, 6.07) is 21.2. The molecule has 0 aliphatic carbocycles. The minimum atomic E-state index is -6.97. The third-order valence-electron chi connectivity index (χ3n) is 6.91. The van der Waals surface area contributed by atoms with Gasteiger partial charge in [0.2, 0.25) is 0 Å². The summed E-state index contributed by atoms with van der Waals surface area (Å²) in [6.07, 6.45) is -12.1. The zero-order chi connectivity index (χ0) is 32.7. The Morgan fingerprint density at radius 2 is 1.16 bits per heavy atom. The Morgan fingerprint density at radius 1 is 0.750 bits per heavy atom. The SMILES string of the molecule is CCC(CCl)CCCCOC(=O)C(C(F)(F)F)(C(F)(F)F)S(=O)(=O)OS(c1ccccc1)(c1ccccc1)c1ccccc1. The zero-order valence-corrected chi connectivity index (χ0v) is 25.9. The molecule has 0 fully saturated rings. The summed E-state index contributed by atoms with van der Waals surface area (Å²) in [7, 11) is -10.8. The number of carbonyl (C=O) groups is 1. The molecular formula is C30H31ClF6O5S2. The van der Waals surface area contributed by atoms with Crippen molar-refractivity contribution in [3.63, 3.8) is 0 Å². The van der Waals surface area contributed by atoms with Crippen LogP contribution in [-0.2, 0) is 23.3 Å². The van der Waals surface area contributed by atoms with Gasteiger partial charge in [0.25, 0.3) is 0 Å². The van der Waals surface area contributed by atoms with E-state index in [-0.39, 0.29) is 33.4 Å². The molecule has 3 aromatic carbocycles. The third kappa shape index (κ3) is 7.05. The smallest absolute Gasteiger partial charge is 0.430 e. The van der Waals surface area contributed by atoms with Gasteiger partial charge in [0.1, 0.15) is 0 Å². The Labute approximate surface area is 259 Å². The predicted molar refractivity (Wildman–Crippen MR) is 156 cm³/mol. The fourth-order valence-corrected chi connectivity index (χ4v) is 10.6. The number of esters is 1. The highest BCUT2D eigenvalue weighted by molar-refractivity contribution is 8.33. The molecule has 5 nitrogen and oxygen atoms in total. The lowest BCUT2D eigenvalue weighted by molar-refractivity contribution is -0.268. The maximum absolute atomic E-state index is 14.7. The van der Waals surface area contributed by atoms with E-state index in [0.29, 0.717) is 18.7 Å². The van der Waals surface area contributed by atoms with Crippen LogP contribution in [0.15, 0.2) is 106 Å². The second-order valence-electron chi connectivity index (χ2n) is 9.75. The van der Waals surface area contributed by atoms with E-state index in [1.165, 1.54) is 91.0 Å². The first-order chi connectivity index (χ1) is 20.7. The number of halogens is 7. The highest BCUT2D eigenvalue weighted by Gasteiger charge is 2.86. The van der Waals surface area contributed by atoms with Crippen molar-refractivity contribution < 1.29 is 47.9 Å². The van der Waals surface area contributed by atoms with E-state index in [9.17, 15) is 39.6 Å². The highest BCUT2D eigenvalue weighted by Crippen LogP contribution is 2.71. The molecule has 3 aromatic rings. The molecule has 0 saturated heterocycles. The topological polar surface area (TPSA) is 69.7 Å². The summed E-state index contributed by atoms with van der Waals surface area (Å²) in [5.74, 6) is -2.69. The molecule has 0 heterocycles. The first-order valence-electron chi connectivity index (χ1n) is 13.5. The maximum Gasteiger partial charge on any atom is 0.430 e. The van der Waals surface area contributed by atoms with E-state index in [1.54, 1.807) is 0 Å². The van der Waals surface area contributed by atoms with E-state index in [4.69, 9.17) is 15.2 Å². The summed E-state index contributed by atoms with van der Waals surface area (Å²) < 4.78 is 119. The molecule has 0 amide bonds. The molecule has 1 unspecified atom stereocenters. The monoisotopic (exact) mass is 684 g/mol. The van der Waals surface area contributed by atoms with Gasteiger partial charge in [-0.3, -0.25) is 0 Å². The Morgan fingerprint density at radius 3 is 1.50 bits per heavy atom. The van der Waals surface area contributed by atoms with Crippen LogP contribution in [-0.4, -0.2) is 44.0 Å². The van der Waals surface area contributed by atoms with Crippen molar-refractivity contribution in [2.75, 3.05) is 12.5 Å². The number of ether oxygens (including phenoxy) is 1. The lowest BCUT2D eigenvalue weighted by atomic mass is 10.0. The van der Waals surface area contributed by atoms with E-state index in [1.807, 2.05) is 6.92 Å². The van der Waals surface area contributed by atoms with Crippen LogP contribution in [0.3, 0.4) is 0 Å². The predicted octanol–water partition coefficient (Wildman–Crippen LogP) is 9.07. The largest absolute Gasteiger partial charge is 0.464 e. The molecule has 0 saturated carbocycles. The summed E-state index contributed by atoms with van der Waals surface area (Å²) in [5, 5.41) is 0. The second-order valence-corrected chi connectivity index (χ2v) is 14.7. The first kappa shape index (κ1) is 35.7. The van der Waals surface area contributed by atoms with Gasteiger partial charge < -0.3 is 4.74 Å². The van der Waals surface area contributed by atoms with Crippen molar-refractivity contribution in [3.8, 4) is 0 Å². The molecular weight excluding hydrogens is 654 g/mol. The van der Waals surface area contributed by atoms with Crippen LogP contribution in [0.4, 0.5) is 26.3 Å². The van der Waals surface area contributed by atoms with Crippen LogP contribution in [0.2, 0.25) is 0 Å². The Bertz CT molecular complexity index is 1340. The van der Waals surface area contributed by atoms with E-state index in [0.717, 1.165) is 0 Å². The lowest BCUT2D eigenvalue weighted by Gasteiger charge is -2.42. The van der Waals surface area contributed by atoms with Gasteiger partial charge in [0.05, 0.1) is 6.61 Å². The zero-order valence-electron chi connectivity index (χ0n) is 23.5. The van der Waals surface area contributed by atoms with E-state index >= 15 is 0 Å². The van der Waals surface area contributed by atoms with Gasteiger partial charge in [-0.15, -0.1) is 11.6 Å². The average molecular weight is 685 g/mol. The van der Waals surface area contributed by atoms with E-state index < -0.39 is 50.1 Å². The Kier molecular flexibility index (Phi) is 11.8. The Hall–Kier alpha value is -2.74. The fourth-order valence-electron chi connectivity index (χ4n) is 4.52. The van der Waals surface area contributed by atoms with Gasteiger partial charge in [0, 0.05) is 20.6 Å². The summed E-state index contributed by atoms with van der Waals surface area (Å²) in [4.78, 5) is 12.9. The molecule has 0 radical (unpaired) electrons. The van der Waals surface area contributed by atoms with Gasteiger partial charge in [-0.25, -0.2) is 8.42 Å². The summed E-state index contributed by atoms with van der Waals surface area (Å²) in [5.41, 5.74) is 0. The van der Waals surface area contributed by atoms with Crippen LogP contribution in [0.1, 0.15) is 32.6 Å². The van der Waals surface area contributed by atoms with E-state index in [2.05, 4.69) is 4.74 Å².